The van der Waals surface area contributed by atoms with Crippen LogP contribution in [-0.2, 0) is 4.79 Å². The summed E-state index contributed by atoms with van der Waals surface area (Å²) in [6.07, 6.45) is 1.23. The highest BCUT2D eigenvalue weighted by Gasteiger charge is 2.47. The summed E-state index contributed by atoms with van der Waals surface area (Å²) in [5.41, 5.74) is -1.02. The number of nitrogens with zero attached hydrogens (tertiary/aromatic N) is 6. The van der Waals surface area contributed by atoms with Crippen molar-refractivity contribution in [3.63, 3.8) is 0 Å². The van der Waals surface area contributed by atoms with Gasteiger partial charge < -0.3 is 14.9 Å². The number of aromatic nitrogens is 2. The molecule has 0 spiro atoms. The first-order valence-electron chi connectivity index (χ1n) is 12.3. The third kappa shape index (κ3) is 4.82. The van der Waals surface area contributed by atoms with Crippen LogP contribution >= 0.6 is 11.6 Å². The van der Waals surface area contributed by atoms with E-state index < -0.39 is 42.0 Å². The van der Waals surface area contributed by atoms with Gasteiger partial charge in [0, 0.05) is 43.7 Å². The van der Waals surface area contributed by atoms with Gasteiger partial charge in [0.15, 0.2) is 5.82 Å². The Labute approximate surface area is 226 Å². The number of benzene rings is 2. The van der Waals surface area contributed by atoms with Crippen LogP contribution in [0.5, 0.6) is 5.75 Å². The fraction of sp³-hybridized carbons (Fsp3) is 0.346. The molecule has 8 nitrogen and oxygen atoms in total. The Hall–Kier alpha value is -3.64. The van der Waals surface area contributed by atoms with E-state index in [1.165, 1.54) is 34.3 Å². The van der Waals surface area contributed by atoms with Gasteiger partial charge in [0.25, 0.3) is 5.92 Å². The topological polar surface area (TPSA) is 76.0 Å². The molecule has 2 aliphatic heterocycles. The Bertz CT molecular complexity index is 1440. The average molecular weight is 565 g/mol. The van der Waals surface area contributed by atoms with Crippen molar-refractivity contribution < 1.29 is 27.5 Å². The summed E-state index contributed by atoms with van der Waals surface area (Å²) >= 11 is 6.47. The number of hydrogen-bond donors (Lipinski definition) is 1. The minimum Gasteiger partial charge on any atom is -0.507 e. The number of anilines is 2. The molecule has 39 heavy (non-hydrogen) atoms. The number of alkyl halides is 2. The molecular weight excluding hydrogens is 540 g/mol. The number of rotatable bonds is 6. The minimum atomic E-state index is -2.87. The lowest BCUT2D eigenvalue weighted by molar-refractivity contribution is -0.135. The molecule has 206 valence electrons. The number of hydrogen-bond acceptors (Lipinski definition) is 7. The molecular formula is C26H25ClF4N6O2. The Balaban J connectivity index is 1.67. The van der Waals surface area contributed by atoms with Gasteiger partial charge in [-0.25, -0.2) is 27.6 Å². The van der Waals surface area contributed by atoms with E-state index in [0.29, 0.717) is 26.2 Å². The first-order chi connectivity index (χ1) is 18.5. The zero-order valence-corrected chi connectivity index (χ0v) is 21.7. The molecule has 0 saturated carbocycles. The van der Waals surface area contributed by atoms with Crippen LogP contribution < -0.4 is 9.91 Å². The third-order valence-electron chi connectivity index (χ3n) is 6.86. The van der Waals surface area contributed by atoms with Crippen molar-refractivity contribution in [2.45, 2.75) is 12.8 Å². The van der Waals surface area contributed by atoms with Gasteiger partial charge in [-0.05, 0) is 31.2 Å². The summed E-state index contributed by atoms with van der Waals surface area (Å²) in [5.74, 6) is -5.21. The van der Waals surface area contributed by atoms with Crippen molar-refractivity contribution in [2.24, 2.45) is 0 Å². The number of amides is 1. The van der Waals surface area contributed by atoms with Crippen molar-refractivity contribution in [3.05, 3.63) is 53.6 Å². The largest absolute Gasteiger partial charge is 0.507 e. The first-order valence-corrected chi connectivity index (χ1v) is 12.7. The van der Waals surface area contributed by atoms with Gasteiger partial charge in [0.2, 0.25) is 11.9 Å². The SMILES string of the molecule is C=CC(=O)N1CCN(c2nc(N(CC)N3CC(F)(F)C3)nc3c(F)c(-c4c(O)cccc4F)c(Cl)cc23)CC1. The standard InChI is InChI=1S/C26H25ClF4N6O2/c1-3-19(39)34-8-10-35(11-9-34)24-15-12-16(27)20(21-17(28)6-5-7-18(21)38)22(29)23(15)32-25(33-24)37(4-2)36-13-26(30,31)14-36/h3,5-7,12,38H,1,4,8-11,13-14H2,2H3. The quantitative estimate of drug-likeness (QED) is 0.350. The number of carbonyl (C=O) groups excluding carboxylic acids is 1. The number of hydrazine groups is 1. The summed E-state index contributed by atoms with van der Waals surface area (Å²) in [4.78, 5) is 24.5. The molecule has 0 radical (unpaired) electrons. The Kier molecular flexibility index (Phi) is 7.02. The molecule has 0 unspecified atom stereocenters. The van der Waals surface area contributed by atoms with Crippen molar-refractivity contribution in [3.8, 4) is 16.9 Å². The van der Waals surface area contributed by atoms with Crippen LogP contribution in [-0.4, -0.2) is 82.6 Å². The number of carbonyl (C=O) groups is 1. The highest BCUT2D eigenvalue weighted by Crippen LogP contribution is 2.43. The number of piperazine rings is 1. The molecule has 0 bridgehead atoms. The molecule has 0 aliphatic carbocycles. The zero-order valence-electron chi connectivity index (χ0n) is 21.0. The molecule has 1 amide bonds. The van der Waals surface area contributed by atoms with E-state index in [4.69, 9.17) is 11.6 Å². The number of phenols is 1. The smallest absolute Gasteiger partial charge is 0.276 e. The first kappa shape index (κ1) is 26.9. The van der Waals surface area contributed by atoms with E-state index in [9.17, 15) is 23.1 Å². The van der Waals surface area contributed by atoms with Gasteiger partial charge >= 0.3 is 0 Å². The summed E-state index contributed by atoms with van der Waals surface area (Å²) in [7, 11) is 0. The molecule has 2 aliphatic rings. The molecule has 1 N–H and O–H groups in total. The summed E-state index contributed by atoms with van der Waals surface area (Å²) < 4.78 is 58.3. The van der Waals surface area contributed by atoms with E-state index in [1.54, 1.807) is 11.8 Å². The molecule has 2 aromatic carbocycles. The number of fused-ring (bicyclic) bond motifs is 1. The minimum absolute atomic E-state index is 0.0231. The molecule has 2 fully saturated rings. The maximum Gasteiger partial charge on any atom is 0.276 e. The van der Waals surface area contributed by atoms with Crippen LogP contribution in [0, 0.1) is 11.6 Å². The van der Waals surface area contributed by atoms with E-state index >= 15 is 4.39 Å². The van der Waals surface area contributed by atoms with Crippen LogP contribution in [0.15, 0.2) is 36.9 Å². The van der Waals surface area contributed by atoms with Crippen LogP contribution in [0.2, 0.25) is 5.02 Å². The predicted octanol–water partition coefficient (Wildman–Crippen LogP) is 4.46. The molecule has 5 rings (SSSR count). The third-order valence-corrected chi connectivity index (χ3v) is 7.16. The highest BCUT2D eigenvalue weighted by atomic mass is 35.5. The molecule has 0 atom stereocenters. The van der Waals surface area contributed by atoms with Crippen molar-refractivity contribution in [1.29, 1.82) is 0 Å². The van der Waals surface area contributed by atoms with Gasteiger partial charge in [-0.2, -0.15) is 4.98 Å². The van der Waals surface area contributed by atoms with Crippen molar-refractivity contribution in [1.82, 2.24) is 19.9 Å². The zero-order chi connectivity index (χ0) is 28.1. The lowest BCUT2D eigenvalue weighted by Crippen LogP contribution is -2.63. The normalized spacial score (nSPS) is 17.3. The number of aromatic hydroxyl groups is 1. The maximum absolute atomic E-state index is 16.2. The second-order valence-corrected chi connectivity index (χ2v) is 9.74. The molecule has 1 aromatic heterocycles. The van der Waals surface area contributed by atoms with Gasteiger partial charge in [-0.1, -0.05) is 24.2 Å². The second-order valence-electron chi connectivity index (χ2n) is 9.34. The van der Waals surface area contributed by atoms with Gasteiger partial charge in [0.05, 0.1) is 23.7 Å². The van der Waals surface area contributed by atoms with Gasteiger partial charge in [-0.15, -0.1) is 0 Å². The number of halogens is 5. The lowest BCUT2D eigenvalue weighted by Gasteiger charge is -2.45. The second kappa shape index (κ2) is 10.2. The lowest BCUT2D eigenvalue weighted by atomic mass is 10.0. The monoisotopic (exact) mass is 564 g/mol. The van der Waals surface area contributed by atoms with Crippen LogP contribution in [0.1, 0.15) is 6.92 Å². The molecule has 3 aromatic rings. The van der Waals surface area contributed by atoms with Gasteiger partial charge in [-0.3, -0.25) is 9.80 Å². The Morgan fingerprint density at radius 2 is 1.87 bits per heavy atom. The van der Waals surface area contributed by atoms with Crippen molar-refractivity contribution in [2.75, 3.05) is 55.7 Å². The van der Waals surface area contributed by atoms with Crippen LogP contribution in [0.25, 0.3) is 22.0 Å². The van der Waals surface area contributed by atoms with E-state index in [2.05, 4.69) is 16.5 Å². The Morgan fingerprint density at radius 3 is 2.46 bits per heavy atom. The van der Waals surface area contributed by atoms with E-state index in [1.807, 2.05) is 4.90 Å². The van der Waals surface area contributed by atoms with Gasteiger partial charge in [0.1, 0.15) is 22.9 Å². The average Bonchev–Trinajstić information content (AvgIpc) is 2.89. The fourth-order valence-electron chi connectivity index (χ4n) is 4.91. The Morgan fingerprint density at radius 1 is 1.18 bits per heavy atom. The highest BCUT2D eigenvalue weighted by molar-refractivity contribution is 6.34. The molecule has 3 heterocycles. The summed E-state index contributed by atoms with van der Waals surface area (Å²) in [6.45, 7) is 5.74. The van der Waals surface area contributed by atoms with Crippen LogP contribution in [0.4, 0.5) is 29.3 Å². The van der Waals surface area contributed by atoms with Crippen LogP contribution in [0.3, 0.4) is 0 Å². The fourth-order valence-corrected chi connectivity index (χ4v) is 5.19. The summed E-state index contributed by atoms with van der Waals surface area (Å²) in [6, 6.07) is 4.95. The maximum atomic E-state index is 16.2. The summed E-state index contributed by atoms with van der Waals surface area (Å²) in [5, 5.41) is 13.2. The number of phenolic OH excluding ortho intramolecular Hbond substituents is 1. The van der Waals surface area contributed by atoms with E-state index in [-0.39, 0.29) is 45.7 Å². The molecule has 13 heteroatoms. The molecule has 2 saturated heterocycles. The van der Waals surface area contributed by atoms with Crippen molar-refractivity contribution >= 4 is 40.2 Å². The van der Waals surface area contributed by atoms with E-state index in [0.717, 1.165) is 6.07 Å². The predicted molar refractivity (Wildman–Crippen MR) is 140 cm³/mol.